The molecule has 0 aliphatic carbocycles. The van der Waals surface area contributed by atoms with E-state index in [-0.39, 0.29) is 18.0 Å². The number of carbonyl (C=O) groups excluding carboxylic acids is 1. The number of benzene rings is 1. The predicted octanol–water partition coefficient (Wildman–Crippen LogP) is 2.28. The van der Waals surface area contributed by atoms with Crippen LogP contribution in [-0.4, -0.2) is 27.4 Å². The Balaban J connectivity index is 2.84. The Morgan fingerprint density at radius 2 is 2.00 bits per heavy atom. The third-order valence-electron chi connectivity index (χ3n) is 3.08. The summed E-state index contributed by atoms with van der Waals surface area (Å²) in [4.78, 5) is 32.9. The summed E-state index contributed by atoms with van der Waals surface area (Å²) in [7, 11) is 0. The molecular weight excluding hydrogens is 276 g/mol. The number of carboxylic acids is 1. The highest BCUT2D eigenvalue weighted by atomic mass is 16.6. The molecule has 1 aromatic carbocycles. The highest BCUT2D eigenvalue weighted by Gasteiger charge is 2.23. The Morgan fingerprint density at radius 3 is 2.48 bits per heavy atom. The van der Waals surface area contributed by atoms with Crippen LogP contribution in [0.3, 0.4) is 0 Å². The molecule has 0 heterocycles. The SMILES string of the molecule is Cc1cc([N+](=O)[O-])ccc1C(=O)NC(C)(C)CCC(=O)O. The smallest absolute Gasteiger partial charge is 0.303 e. The van der Waals surface area contributed by atoms with E-state index < -0.39 is 16.4 Å². The topological polar surface area (TPSA) is 110 Å². The fourth-order valence-corrected chi connectivity index (χ4v) is 1.87. The van der Waals surface area contributed by atoms with Crippen LogP contribution in [0.5, 0.6) is 0 Å². The van der Waals surface area contributed by atoms with Crippen LogP contribution >= 0.6 is 0 Å². The number of hydrogen-bond donors (Lipinski definition) is 2. The molecule has 1 amide bonds. The van der Waals surface area contributed by atoms with Crippen molar-refractivity contribution in [2.24, 2.45) is 0 Å². The zero-order valence-electron chi connectivity index (χ0n) is 12.2. The standard InChI is InChI=1S/C14H18N2O5/c1-9-8-10(16(20)21)4-5-11(9)13(19)15-14(2,3)7-6-12(17)18/h4-5,8H,6-7H2,1-3H3,(H,15,19)(H,17,18). The number of rotatable bonds is 6. The Hall–Kier alpha value is -2.44. The van der Waals surface area contributed by atoms with E-state index in [1.807, 2.05) is 0 Å². The lowest BCUT2D eigenvalue weighted by Gasteiger charge is -2.26. The molecule has 0 saturated heterocycles. The Labute approximate surface area is 122 Å². The van der Waals surface area contributed by atoms with E-state index in [1.165, 1.54) is 18.2 Å². The van der Waals surface area contributed by atoms with Gasteiger partial charge in [-0.25, -0.2) is 0 Å². The van der Waals surface area contributed by atoms with Gasteiger partial charge in [-0.15, -0.1) is 0 Å². The van der Waals surface area contributed by atoms with Crippen molar-refractivity contribution < 1.29 is 19.6 Å². The first kappa shape index (κ1) is 16.6. The van der Waals surface area contributed by atoms with Crippen molar-refractivity contribution in [2.75, 3.05) is 0 Å². The third kappa shape index (κ3) is 4.87. The van der Waals surface area contributed by atoms with Crippen molar-refractivity contribution in [3.63, 3.8) is 0 Å². The molecular formula is C14H18N2O5. The molecule has 0 aromatic heterocycles. The minimum atomic E-state index is -0.927. The molecule has 114 valence electrons. The lowest BCUT2D eigenvalue weighted by Crippen LogP contribution is -2.43. The first-order chi connectivity index (χ1) is 9.62. The van der Waals surface area contributed by atoms with Crippen LogP contribution in [0.25, 0.3) is 0 Å². The lowest BCUT2D eigenvalue weighted by molar-refractivity contribution is -0.384. The summed E-state index contributed by atoms with van der Waals surface area (Å²) in [5.41, 5.74) is 0.0814. The third-order valence-corrected chi connectivity index (χ3v) is 3.08. The van der Waals surface area contributed by atoms with Crippen LogP contribution in [0.4, 0.5) is 5.69 Å². The van der Waals surface area contributed by atoms with Gasteiger partial charge < -0.3 is 10.4 Å². The molecule has 21 heavy (non-hydrogen) atoms. The lowest BCUT2D eigenvalue weighted by atomic mass is 9.97. The van der Waals surface area contributed by atoms with Crippen LogP contribution < -0.4 is 5.32 Å². The summed E-state index contributed by atoms with van der Waals surface area (Å²) >= 11 is 0. The van der Waals surface area contributed by atoms with Crippen molar-refractivity contribution in [3.8, 4) is 0 Å². The van der Waals surface area contributed by atoms with Crippen LogP contribution in [0.1, 0.15) is 42.6 Å². The average Bonchev–Trinajstić information content (AvgIpc) is 2.35. The van der Waals surface area contributed by atoms with E-state index in [1.54, 1.807) is 20.8 Å². The average molecular weight is 294 g/mol. The van der Waals surface area contributed by atoms with Gasteiger partial charge in [0.05, 0.1) is 4.92 Å². The largest absolute Gasteiger partial charge is 0.481 e. The first-order valence-corrected chi connectivity index (χ1v) is 6.42. The number of carboxylic acid groups (broad SMARTS) is 1. The van der Waals surface area contributed by atoms with Crippen LogP contribution in [0, 0.1) is 17.0 Å². The number of carbonyl (C=O) groups is 2. The summed E-state index contributed by atoms with van der Waals surface area (Å²) in [6, 6.07) is 4.00. The molecule has 7 heteroatoms. The maximum absolute atomic E-state index is 12.2. The quantitative estimate of drug-likeness (QED) is 0.617. The maximum Gasteiger partial charge on any atom is 0.303 e. The van der Waals surface area contributed by atoms with Gasteiger partial charge in [0.1, 0.15) is 0 Å². The molecule has 0 atom stereocenters. The highest BCUT2D eigenvalue weighted by molar-refractivity contribution is 5.96. The number of non-ortho nitro benzene ring substituents is 1. The van der Waals surface area contributed by atoms with Crippen molar-refractivity contribution in [1.29, 1.82) is 0 Å². The van der Waals surface area contributed by atoms with Gasteiger partial charge in [0.15, 0.2) is 0 Å². The molecule has 0 saturated carbocycles. The number of nitrogens with one attached hydrogen (secondary N) is 1. The van der Waals surface area contributed by atoms with E-state index >= 15 is 0 Å². The summed E-state index contributed by atoms with van der Waals surface area (Å²) in [5.74, 6) is -1.30. The minimum absolute atomic E-state index is 0.0491. The van der Waals surface area contributed by atoms with Gasteiger partial charge in [0.2, 0.25) is 0 Å². The maximum atomic E-state index is 12.2. The van der Waals surface area contributed by atoms with Crippen molar-refractivity contribution >= 4 is 17.6 Å². The fraction of sp³-hybridized carbons (Fsp3) is 0.429. The van der Waals surface area contributed by atoms with Crippen LogP contribution in [-0.2, 0) is 4.79 Å². The number of nitrogens with zero attached hydrogens (tertiary/aromatic N) is 1. The van der Waals surface area contributed by atoms with Gasteiger partial charge in [0.25, 0.3) is 11.6 Å². The highest BCUT2D eigenvalue weighted by Crippen LogP contribution is 2.19. The van der Waals surface area contributed by atoms with E-state index in [4.69, 9.17) is 5.11 Å². The molecule has 0 unspecified atom stereocenters. The number of nitro benzene ring substituents is 1. The van der Waals surface area contributed by atoms with E-state index in [9.17, 15) is 19.7 Å². The van der Waals surface area contributed by atoms with Crippen molar-refractivity contribution in [2.45, 2.75) is 39.2 Å². The number of aryl methyl sites for hydroxylation is 1. The second-order valence-corrected chi connectivity index (χ2v) is 5.49. The second kappa shape index (κ2) is 6.34. The van der Waals surface area contributed by atoms with Crippen LogP contribution in [0.15, 0.2) is 18.2 Å². The minimum Gasteiger partial charge on any atom is -0.481 e. The van der Waals surface area contributed by atoms with Gasteiger partial charge in [-0.1, -0.05) is 0 Å². The molecule has 1 rings (SSSR count). The molecule has 7 nitrogen and oxygen atoms in total. The first-order valence-electron chi connectivity index (χ1n) is 6.42. The summed E-state index contributed by atoms with van der Waals surface area (Å²) in [6.45, 7) is 5.08. The molecule has 0 radical (unpaired) electrons. The number of aliphatic carboxylic acids is 1. The molecule has 0 fully saturated rings. The molecule has 0 aliphatic rings. The summed E-state index contributed by atoms with van der Waals surface area (Å²) in [5, 5.41) is 22.1. The van der Waals surface area contributed by atoms with Gasteiger partial charge >= 0.3 is 5.97 Å². The van der Waals surface area contributed by atoms with Gasteiger partial charge in [-0.3, -0.25) is 19.7 Å². The zero-order valence-corrected chi connectivity index (χ0v) is 12.2. The molecule has 1 aromatic rings. The van der Waals surface area contributed by atoms with Crippen LogP contribution in [0.2, 0.25) is 0 Å². The van der Waals surface area contributed by atoms with Gasteiger partial charge in [-0.05, 0) is 38.8 Å². The summed E-state index contributed by atoms with van der Waals surface area (Å²) in [6.07, 6.45) is 0.243. The Morgan fingerprint density at radius 1 is 1.38 bits per heavy atom. The van der Waals surface area contributed by atoms with Crippen molar-refractivity contribution in [3.05, 3.63) is 39.4 Å². The second-order valence-electron chi connectivity index (χ2n) is 5.49. The zero-order chi connectivity index (χ0) is 16.2. The van der Waals surface area contributed by atoms with E-state index in [0.29, 0.717) is 17.5 Å². The predicted molar refractivity (Wildman–Crippen MR) is 76.2 cm³/mol. The van der Waals surface area contributed by atoms with Gasteiger partial charge in [-0.2, -0.15) is 0 Å². The van der Waals surface area contributed by atoms with E-state index in [2.05, 4.69) is 5.32 Å². The molecule has 0 spiro atoms. The number of hydrogen-bond acceptors (Lipinski definition) is 4. The normalized spacial score (nSPS) is 11.0. The monoisotopic (exact) mass is 294 g/mol. The fourth-order valence-electron chi connectivity index (χ4n) is 1.87. The number of amides is 1. The molecule has 2 N–H and O–H groups in total. The van der Waals surface area contributed by atoms with Crippen molar-refractivity contribution in [1.82, 2.24) is 5.32 Å². The van der Waals surface area contributed by atoms with E-state index in [0.717, 1.165) is 0 Å². The Kier molecular flexibility index (Phi) is 5.02. The van der Waals surface area contributed by atoms with Gasteiger partial charge in [0, 0.05) is 29.7 Å². The number of nitro groups is 1. The Bertz CT molecular complexity index is 581. The summed E-state index contributed by atoms with van der Waals surface area (Å²) < 4.78 is 0. The molecule has 0 bridgehead atoms. The molecule has 0 aliphatic heterocycles.